The number of nitriles is 1. The fraction of sp³-hybridized carbons (Fsp3) is 0.394. The molecule has 238 valence electrons. The number of thiazole rings is 1. The number of benzene rings is 2. The Bertz CT molecular complexity index is 1870. The van der Waals surface area contributed by atoms with Crippen LogP contribution in [0.3, 0.4) is 0 Å². The van der Waals surface area contributed by atoms with Gasteiger partial charge < -0.3 is 24.9 Å². The first-order valence-corrected chi connectivity index (χ1v) is 16.1. The van der Waals surface area contributed by atoms with Gasteiger partial charge in [-0.1, -0.05) is 11.3 Å². The number of hydrogen-bond donors (Lipinski definition) is 2. The fourth-order valence-electron chi connectivity index (χ4n) is 6.68. The van der Waals surface area contributed by atoms with Crippen LogP contribution >= 0.6 is 11.3 Å². The number of amides is 1. The topological polar surface area (TPSA) is 120 Å². The van der Waals surface area contributed by atoms with E-state index in [2.05, 4.69) is 20.9 Å². The zero-order valence-electron chi connectivity index (χ0n) is 25.5. The van der Waals surface area contributed by atoms with Crippen molar-refractivity contribution in [2.75, 3.05) is 56.1 Å². The minimum absolute atomic E-state index is 0.00136. The van der Waals surface area contributed by atoms with Gasteiger partial charge >= 0.3 is 0 Å². The molecule has 0 unspecified atom stereocenters. The summed E-state index contributed by atoms with van der Waals surface area (Å²) in [5, 5.41) is 31.3. The molecule has 4 aromatic rings. The maximum atomic E-state index is 16.0. The van der Waals surface area contributed by atoms with Gasteiger partial charge in [-0.2, -0.15) is 5.26 Å². The highest BCUT2D eigenvalue weighted by atomic mass is 32.1. The van der Waals surface area contributed by atoms with Crippen LogP contribution in [0.1, 0.15) is 35.6 Å². The molecule has 2 N–H and O–H groups in total. The van der Waals surface area contributed by atoms with Crippen molar-refractivity contribution < 1.29 is 23.8 Å². The summed E-state index contributed by atoms with van der Waals surface area (Å²) < 4.78 is 29.6. The molecule has 2 saturated heterocycles. The van der Waals surface area contributed by atoms with Gasteiger partial charge in [0.2, 0.25) is 5.91 Å². The van der Waals surface area contributed by atoms with Crippen molar-refractivity contribution in [1.82, 2.24) is 19.8 Å². The van der Waals surface area contributed by atoms with Gasteiger partial charge in [0.1, 0.15) is 28.0 Å². The lowest BCUT2D eigenvalue weighted by Gasteiger charge is -2.43. The van der Waals surface area contributed by atoms with Crippen molar-refractivity contribution in [3.8, 4) is 17.3 Å². The normalized spacial score (nSPS) is 20.1. The van der Waals surface area contributed by atoms with Gasteiger partial charge in [-0.25, -0.2) is 18.7 Å². The summed E-state index contributed by atoms with van der Waals surface area (Å²) in [5.74, 6) is -0.891. The Hall–Kier alpha value is -4.22. The number of β-amino-alcohol motifs (C(OH)–C–C–N with tert-alkyl or cyclic N) is 1. The van der Waals surface area contributed by atoms with Gasteiger partial charge in [0.15, 0.2) is 10.9 Å². The number of aromatic nitrogens is 2. The number of carbonyl (C=O) groups excluding carboxylic acids is 1. The molecule has 2 aromatic carbocycles. The van der Waals surface area contributed by atoms with E-state index < -0.39 is 18.0 Å². The highest BCUT2D eigenvalue weighted by molar-refractivity contribution is 7.16. The third kappa shape index (κ3) is 5.35. The van der Waals surface area contributed by atoms with Crippen LogP contribution in [-0.2, 0) is 11.2 Å². The highest BCUT2D eigenvalue weighted by Gasteiger charge is 2.34. The van der Waals surface area contributed by atoms with Crippen LogP contribution in [0, 0.1) is 23.0 Å². The van der Waals surface area contributed by atoms with Gasteiger partial charge in [0, 0.05) is 68.0 Å². The Balaban J connectivity index is 1.24. The lowest BCUT2D eigenvalue weighted by Crippen LogP contribution is -2.59. The summed E-state index contributed by atoms with van der Waals surface area (Å²) in [6.45, 7) is 4.87. The Kier molecular flexibility index (Phi) is 7.84. The van der Waals surface area contributed by atoms with Crippen LogP contribution in [0.5, 0.6) is 0 Å². The smallest absolute Gasteiger partial charge is 0.236 e. The number of hydrogen-bond acceptors (Lipinski definition) is 10. The van der Waals surface area contributed by atoms with Gasteiger partial charge in [-0.3, -0.25) is 9.69 Å². The Morgan fingerprint density at radius 1 is 1.13 bits per heavy atom. The molecule has 0 radical (unpaired) electrons. The molecule has 0 saturated carbocycles. The monoisotopic (exact) mass is 645 g/mol. The zero-order valence-corrected chi connectivity index (χ0v) is 26.3. The van der Waals surface area contributed by atoms with Crippen molar-refractivity contribution in [3.63, 3.8) is 0 Å². The van der Waals surface area contributed by atoms with Crippen LogP contribution < -0.4 is 9.80 Å². The predicted molar refractivity (Wildman–Crippen MR) is 171 cm³/mol. The van der Waals surface area contributed by atoms with E-state index in [0.717, 1.165) is 5.56 Å². The molecule has 7 rings (SSSR count). The zero-order chi connectivity index (χ0) is 32.3. The van der Waals surface area contributed by atoms with Gasteiger partial charge in [-0.15, -0.1) is 0 Å². The van der Waals surface area contributed by atoms with Crippen LogP contribution in [0.2, 0.25) is 0 Å². The van der Waals surface area contributed by atoms with Gasteiger partial charge in [0.25, 0.3) is 0 Å². The van der Waals surface area contributed by atoms with Crippen LogP contribution in [0.15, 0.2) is 36.4 Å². The van der Waals surface area contributed by atoms with Crippen LogP contribution in [0.4, 0.5) is 25.3 Å². The molecule has 3 aliphatic rings. The van der Waals surface area contributed by atoms with Crippen molar-refractivity contribution in [3.05, 3.63) is 64.2 Å². The van der Waals surface area contributed by atoms with E-state index in [4.69, 9.17) is 4.98 Å². The molecule has 2 aromatic heterocycles. The second kappa shape index (κ2) is 11.9. The Morgan fingerprint density at radius 3 is 2.59 bits per heavy atom. The number of rotatable bonds is 6. The fourth-order valence-corrected chi connectivity index (χ4v) is 7.53. The van der Waals surface area contributed by atoms with E-state index in [1.165, 1.54) is 29.5 Å². The standard InChI is InChI=1S/C33H33F2N7O3S/c1-18-14-41(10-9-40(18)17-28(45)42-15-22(43)16-42)21-11-24-30(25(35)12-21)37-31-23(7-8-26(31)44)32(24)39(2)33-38-29(27(13-36)46-33)19-3-5-20(34)6-4-19/h3-6,11-12,18,22,26,43-44H,7-10,14-17H2,1-2H3/t18-,26+/m1/s1. The van der Waals surface area contributed by atoms with Crippen molar-refractivity contribution in [2.24, 2.45) is 0 Å². The van der Waals surface area contributed by atoms with E-state index in [1.54, 1.807) is 17.0 Å². The molecule has 1 aliphatic carbocycles. The summed E-state index contributed by atoms with van der Waals surface area (Å²) in [6, 6.07) is 11.5. The lowest BCUT2D eigenvalue weighted by molar-refractivity contribution is -0.143. The number of halogens is 2. The average Bonchev–Trinajstić information content (AvgIpc) is 3.63. The van der Waals surface area contributed by atoms with Crippen molar-refractivity contribution in [2.45, 2.75) is 38.0 Å². The van der Waals surface area contributed by atoms with E-state index >= 15 is 4.39 Å². The molecule has 13 heteroatoms. The maximum Gasteiger partial charge on any atom is 0.236 e. The van der Waals surface area contributed by atoms with Crippen molar-refractivity contribution in [1.29, 1.82) is 5.26 Å². The molecular formula is C33H33F2N7O3S. The summed E-state index contributed by atoms with van der Waals surface area (Å²) in [5.41, 5.74) is 3.81. The molecule has 0 bridgehead atoms. The summed E-state index contributed by atoms with van der Waals surface area (Å²) in [7, 11) is 1.81. The number of aliphatic hydroxyl groups excluding tert-OH is 2. The minimum Gasteiger partial charge on any atom is -0.389 e. The van der Waals surface area contributed by atoms with E-state index in [1.807, 2.05) is 24.9 Å². The number of pyridine rings is 1. The molecule has 1 amide bonds. The second-order valence-corrected chi connectivity index (χ2v) is 13.2. The van der Waals surface area contributed by atoms with E-state index in [9.17, 15) is 24.7 Å². The molecule has 2 atom stereocenters. The summed E-state index contributed by atoms with van der Waals surface area (Å²) >= 11 is 1.19. The number of likely N-dealkylation sites (tertiary alicyclic amines) is 1. The van der Waals surface area contributed by atoms with Crippen LogP contribution in [-0.4, -0.2) is 94.4 Å². The molecule has 4 heterocycles. The Labute approximate surface area is 268 Å². The summed E-state index contributed by atoms with van der Waals surface area (Å²) in [6.07, 6.45) is -0.248. The number of piperazine rings is 1. The third-order valence-corrected chi connectivity index (χ3v) is 10.3. The van der Waals surface area contributed by atoms with E-state index in [0.29, 0.717) is 89.3 Å². The number of fused-ring (bicyclic) bond motifs is 2. The Morgan fingerprint density at radius 2 is 1.89 bits per heavy atom. The maximum absolute atomic E-state index is 16.0. The first-order chi connectivity index (χ1) is 22.1. The predicted octanol–water partition coefficient (Wildman–Crippen LogP) is 3.97. The molecule has 46 heavy (non-hydrogen) atoms. The molecule has 2 fully saturated rings. The quantitative estimate of drug-likeness (QED) is 0.321. The molecule has 2 aliphatic heterocycles. The van der Waals surface area contributed by atoms with Crippen molar-refractivity contribution >= 4 is 44.7 Å². The second-order valence-electron chi connectivity index (χ2n) is 12.3. The SMILES string of the molecule is C[C@@H]1CN(c2cc(F)c3nc4c(c(N(C)c5nc(-c6ccc(F)cc6)c(C#N)s5)c3c2)CC[C@@H]4O)CCN1CC(=O)N1CC(O)C1. The third-order valence-electron chi connectivity index (χ3n) is 9.25. The number of anilines is 3. The van der Waals surface area contributed by atoms with Gasteiger partial charge in [0.05, 0.1) is 30.1 Å². The first-order valence-electron chi connectivity index (χ1n) is 15.3. The molecule has 0 spiro atoms. The number of aliphatic hydroxyl groups is 2. The number of carbonyl (C=O) groups is 1. The summed E-state index contributed by atoms with van der Waals surface area (Å²) in [4.78, 5) is 30.1. The molecular weight excluding hydrogens is 612 g/mol. The number of nitrogens with zero attached hydrogens (tertiary/aromatic N) is 7. The lowest BCUT2D eigenvalue weighted by atomic mass is 10.0. The van der Waals surface area contributed by atoms with E-state index in [-0.39, 0.29) is 29.8 Å². The highest BCUT2D eigenvalue weighted by Crippen LogP contribution is 2.45. The minimum atomic E-state index is -0.817. The average molecular weight is 646 g/mol. The largest absolute Gasteiger partial charge is 0.389 e. The first kappa shape index (κ1) is 30.4. The molecule has 10 nitrogen and oxygen atoms in total. The van der Waals surface area contributed by atoms with Crippen LogP contribution in [0.25, 0.3) is 22.2 Å². The van der Waals surface area contributed by atoms with Gasteiger partial charge in [-0.05, 0) is 56.2 Å².